The molecule has 0 aliphatic carbocycles. The van der Waals surface area contributed by atoms with Crippen molar-refractivity contribution in [3.63, 3.8) is 0 Å². The number of hydrogen-bond acceptors (Lipinski definition) is 8. The van der Waals surface area contributed by atoms with Gasteiger partial charge < -0.3 is 4.74 Å². The molecule has 1 saturated heterocycles. The van der Waals surface area contributed by atoms with Gasteiger partial charge in [-0.05, 0) is 66.9 Å². The van der Waals surface area contributed by atoms with Gasteiger partial charge in [0.15, 0.2) is 5.82 Å². The van der Waals surface area contributed by atoms with Crippen LogP contribution in [-0.2, 0) is 37.4 Å². The average molecular weight is 651 g/mol. The molecule has 1 N–H and O–H groups in total. The SMILES string of the molecule is CCCCc1cc(NS(=O)(=O)c2ccc(C(F)(F)F)cc2Cl)nnc1Sc1ccc(S(=O)(=O)N2CCOCC2)cc1. The highest BCUT2D eigenvalue weighted by Gasteiger charge is 2.32. The zero-order chi connectivity index (χ0) is 29.8. The molecular weight excluding hydrogens is 625 g/mol. The minimum atomic E-state index is -4.68. The molecule has 0 radical (unpaired) electrons. The summed E-state index contributed by atoms with van der Waals surface area (Å²) in [6.07, 6.45) is -2.51. The van der Waals surface area contributed by atoms with Crippen LogP contribution in [0.3, 0.4) is 0 Å². The van der Waals surface area contributed by atoms with Crippen molar-refractivity contribution < 1.29 is 34.7 Å². The molecule has 16 heteroatoms. The fraction of sp³-hybridized carbons (Fsp3) is 0.360. The molecule has 0 bridgehead atoms. The Bertz CT molecular complexity index is 1600. The van der Waals surface area contributed by atoms with E-state index in [1.807, 2.05) is 6.92 Å². The molecular formula is C25H26ClF3N4O5S3. The highest BCUT2D eigenvalue weighted by Crippen LogP contribution is 2.35. The first kappa shape index (κ1) is 31.5. The van der Waals surface area contributed by atoms with Gasteiger partial charge in [-0.15, -0.1) is 10.2 Å². The first-order valence-electron chi connectivity index (χ1n) is 12.4. The number of ether oxygens (including phenoxy) is 1. The second kappa shape index (κ2) is 12.8. The van der Waals surface area contributed by atoms with Gasteiger partial charge >= 0.3 is 6.18 Å². The third-order valence-corrected chi connectivity index (χ3v) is 10.9. The van der Waals surface area contributed by atoms with Gasteiger partial charge in [-0.25, -0.2) is 16.8 Å². The van der Waals surface area contributed by atoms with Crippen molar-refractivity contribution >= 4 is 49.2 Å². The zero-order valence-electron chi connectivity index (χ0n) is 21.7. The van der Waals surface area contributed by atoms with Gasteiger partial charge in [0.1, 0.15) is 9.92 Å². The number of morpholine rings is 1. The van der Waals surface area contributed by atoms with Crippen molar-refractivity contribution in [2.75, 3.05) is 31.0 Å². The maximum atomic E-state index is 13.0. The largest absolute Gasteiger partial charge is 0.416 e. The monoisotopic (exact) mass is 650 g/mol. The minimum Gasteiger partial charge on any atom is -0.379 e. The molecule has 1 fully saturated rings. The maximum Gasteiger partial charge on any atom is 0.416 e. The summed E-state index contributed by atoms with van der Waals surface area (Å²) in [5, 5.41) is 8.05. The third kappa shape index (κ3) is 7.70. The van der Waals surface area contributed by atoms with Gasteiger partial charge in [0, 0.05) is 18.0 Å². The number of nitrogens with zero attached hydrogens (tertiary/aromatic N) is 3. The summed E-state index contributed by atoms with van der Waals surface area (Å²) in [5.41, 5.74) is -0.385. The first-order chi connectivity index (χ1) is 19.3. The van der Waals surface area contributed by atoms with Gasteiger partial charge in [0.25, 0.3) is 10.0 Å². The van der Waals surface area contributed by atoms with Crippen LogP contribution in [0.4, 0.5) is 19.0 Å². The molecule has 0 amide bonds. The van der Waals surface area contributed by atoms with Crippen molar-refractivity contribution in [2.45, 2.75) is 52.1 Å². The smallest absolute Gasteiger partial charge is 0.379 e. The third-order valence-electron chi connectivity index (χ3n) is 6.07. The number of aryl methyl sites for hydroxylation is 1. The van der Waals surface area contributed by atoms with Gasteiger partial charge in [-0.3, -0.25) is 4.72 Å². The maximum absolute atomic E-state index is 13.0. The average Bonchev–Trinajstić information content (AvgIpc) is 2.93. The Hall–Kier alpha value is -2.43. The van der Waals surface area contributed by atoms with E-state index in [-0.39, 0.29) is 23.8 Å². The molecule has 2 heterocycles. The molecule has 0 atom stereocenters. The minimum absolute atomic E-state index is 0.122. The number of anilines is 1. The van der Waals surface area contributed by atoms with E-state index in [0.717, 1.165) is 18.9 Å². The van der Waals surface area contributed by atoms with Gasteiger partial charge in [-0.2, -0.15) is 17.5 Å². The second-order valence-electron chi connectivity index (χ2n) is 9.00. The molecule has 1 aliphatic rings. The second-order valence-corrected chi connectivity index (χ2v) is 14.1. The van der Waals surface area contributed by atoms with Crippen LogP contribution in [0, 0.1) is 0 Å². The lowest BCUT2D eigenvalue weighted by atomic mass is 10.1. The normalized spacial score (nSPS) is 15.1. The molecule has 222 valence electrons. The Balaban J connectivity index is 1.54. The summed E-state index contributed by atoms with van der Waals surface area (Å²) in [4.78, 5) is 0.324. The molecule has 1 aromatic heterocycles. The zero-order valence-corrected chi connectivity index (χ0v) is 24.9. The van der Waals surface area contributed by atoms with E-state index in [1.54, 1.807) is 12.1 Å². The number of aromatic nitrogens is 2. The van der Waals surface area contributed by atoms with Crippen LogP contribution in [0.2, 0.25) is 5.02 Å². The van der Waals surface area contributed by atoms with Crippen molar-refractivity contribution in [3.05, 3.63) is 64.7 Å². The lowest BCUT2D eigenvalue weighted by molar-refractivity contribution is -0.137. The number of sulfonamides is 2. The highest BCUT2D eigenvalue weighted by molar-refractivity contribution is 7.99. The number of nitrogens with one attached hydrogen (secondary N) is 1. The number of benzene rings is 2. The Morgan fingerprint density at radius 3 is 2.32 bits per heavy atom. The van der Waals surface area contributed by atoms with Crippen LogP contribution in [0.25, 0.3) is 0 Å². The van der Waals surface area contributed by atoms with E-state index < -0.39 is 41.7 Å². The predicted octanol–water partition coefficient (Wildman–Crippen LogP) is 5.46. The van der Waals surface area contributed by atoms with Crippen molar-refractivity contribution in [1.29, 1.82) is 0 Å². The summed E-state index contributed by atoms with van der Waals surface area (Å²) < 4.78 is 99.3. The molecule has 9 nitrogen and oxygen atoms in total. The summed E-state index contributed by atoms with van der Waals surface area (Å²) in [6, 6.07) is 9.83. The van der Waals surface area contributed by atoms with Crippen molar-refractivity contribution in [3.8, 4) is 0 Å². The van der Waals surface area contributed by atoms with E-state index in [2.05, 4.69) is 14.9 Å². The molecule has 3 aromatic rings. The number of alkyl halides is 3. The van der Waals surface area contributed by atoms with Gasteiger partial charge in [0.05, 0.1) is 28.7 Å². The number of halogens is 4. The topological polar surface area (TPSA) is 119 Å². The fourth-order valence-corrected chi connectivity index (χ4v) is 7.73. The van der Waals surface area contributed by atoms with Crippen LogP contribution < -0.4 is 4.72 Å². The summed E-state index contributed by atoms with van der Waals surface area (Å²) in [5.74, 6) is -0.122. The predicted molar refractivity (Wildman–Crippen MR) is 148 cm³/mol. The molecule has 0 saturated carbocycles. The summed E-state index contributed by atoms with van der Waals surface area (Å²) >= 11 is 7.12. The molecule has 0 unspecified atom stereocenters. The molecule has 1 aliphatic heterocycles. The fourth-order valence-electron chi connectivity index (χ4n) is 3.92. The Morgan fingerprint density at radius 1 is 1.02 bits per heavy atom. The number of rotatable bonds is 10. The van der Waals surface area contributed by atoms with Crippen molar-refractivity contribution in [1.82, 2.24) is 14.5 Å². The number of unbranched alkanes of at least 4 members (excludes halogenated alkanes) is 1. The summed E-state index contributed by atoms with van der Waals surface area (Å²) in [7, 11) is -8.02. The van der Waals surface area contributed by atoms with E-state index in [0.29, 0.717) is 47.3 Å². The van der Waals surface area contributed by atoms with Crippen LogP contribution in [0.15, 0.2) is 68.2 Å². The molecule has 41 heavy (non-hydrogen) atoms. The van der Waals surface area contributed by atoms with E-state index in [9.17, 15) is 30.0 Å². The Labute approximate surface area is 245 Å². The Morgan fingerprint density at radius 2 is 1.71 bits per heavy atom. The Kier molecular flexibility index (Phi) is 9.86. The molecule has 0 spiro atoms. The van der Waals surface area contributed by atoms with Crippen LogP contribution in [-0.4, -0.2) is 57.6 Å². The van der Waals surface area contributed by atoms with E-state index >= 15 is 0 Å². The quantitative estimate of drug-likeness (QED) is 0.307. The van der Waals surface area contributed by atoms with E-state index in [1.165, 1.54) is 34.3 Å². The lowest BCUT2D eigenvalue weighted by Crippen LogP contribution is -2.40. The van der Waals surface area contributed by atoms with E-state index in [4.69, 9.17) is 16.3 Å². The van der Waals surface area contributed by atoms with Gasteiger partial charge in [0.2, 0.25) is 10.0 Å². The molecule has 4 rings (SSSR count). The highest BCUT2D eigenvalue weighted by atomic mass is 35.5. The van der Waals surface area contributed by atoms with Crippen LogP contribution in [0.5, 0.6) is 0 Å². The van der Waals surface area contributed by atoms with Crippen LogP contribution in [0.1, 0.15) is 30.9 Å². The summed E-state index contributed by atoms with van der Waals surface area (Å²) in [6.45, 7) is 3.25. The van der Waals surface area contributed by atoms with Gasteiger partial charge in [-0.1, -0.05) is 36.7 Å². The van der Waals surface area contributed by atoms with Crippen molar-refractivity contribution in [2.24, 2.45) is 0 Å². The van der Waals surface area contributed by atoms with Crippen LogP contribution >= 0.6 is 23.4 Å². The number of hydrogen-bond donors (Lipinski definition) is 1. The lowest BCUT2D eigenvalue weighted by Gasteiger charge is -2.26. The standard InChI is InChI=1S/C25H26ClF3N4O5S3/c1-2-3-4-17-15-23(32-40(34,35)22-10-5-18(16-21(22)26)25(27,28)29)30-31-24(17)39-19-6-8-20(9-7-19)41(36,37)33-11-13-38-14-12-33/h5-10,15-16H,2-4,11-14H2,1H3,(H,30,32). The first-order valence-corrected chi connectivity index (χ1v) is 16.5. The molecule has 2 aromatic carbocycles.